The average Bonchev–Trinajstić information content (AvgIpc) is 3.15. The minimum absolute atomic E-state index is 0.000618. The highest BCUT2D eigenvalue weighted by atomic mass is 32.2. The Morgan fingerprint density at radius 1 is 1.23 bits per heavy atom. The third-order valence-electron chi connectivity index (χ3n) is 4.19. The van der Waals surface area contributed by atoms with E-state index < -0.39 is 26.6 Å². The van der Waals surface area contributed by atoms with Gasteiger partial charge in [-0.15, -0.1) is 11.3 Å². The number of aromatic nitrogens is 1. The highest BCUT2D eigenvalue weighted by molar-refractivity contribution is 7.89. The number of hydrogen-bond acceptors (Lipinski definition) is 6. The van der Waals surface area contributed by atoms with E-state index in [-0.39, 0.29) is 5.56 Å². The Balaban J connectivity index is 1.75. The van der Waals surface area contributed by atoms with Crippen molar-refractivity contribution in [2.45, 2.75) is 11.3 Å². The number of hydrogen-bond donors (Lipinski definition) is 1. The van der Waals surface area contributed by atoms with Gasteiger partial charge in [-0.1, -0.05) is 12.1 Å². The van der Waals surface area contributed by atoms with Gasteiger partial charge in [-0.2, -0.15) is 5.26 Å². The molecule has 0 unspecified atom stereocenters. The molecule has 1 heterocycles. The third-order valence-corrected chi connectivity index (χ3v) is 6.93. The van der Waals surface area contributed by atoms with Gasteiger partial charge >= 0.3 is 0 Å². The molecule has 0 bridgehead atoms. The fourth-order valence-electron chi connectivity index (χ4n) is 2.55. The number of benzene rings is 2. The number of amides is 1. The fraction of sp³-hybridized carbons (Fsp3) is 0.150. The fourth-order valence-corrected chi connectivity index (χ4v) is 4.38. The standard InChI is InChI=1S/C20H17FN4O3S2/c1-25(2)30(27,28)18-10-15(7-8-17(18)21)19(26)24-20-23-12-16(29-20)9-13-3-5-14(11-22)6-4-13/h3-8,10,12H,9H2,1-2H3,(H,23,24,26). The Bertz CT molecular complexity index is 1230. The molecule has 1 aromatic heterocycles. The Kier molecular flexibility index (Phi) is 6.26. The summed E-state index contributed by atoms with van der Waals surface area (Å²) >= 11 is 1.27. The van der Waals surface area contributed by atoms with Crippen molar-refractivity contribution in [3.05, 3.63) is 76.0 Å². The van der Waals surface area contributed by atoms with Gasteiger partial charge in [0, 0.05) is 37.2 Å². The second kappa shape index (κ2) is 8.71. The number of carbonyl (C=O) groups excluding carboxylic acids is 1. The third kappa shape index (κ3) is 4.71. The molecule has 0 saturated heterocycles. The highest BCUT2D eigenvalue weighted by Crippen LogP contribution is 2.23. The van der Waals surface area contributed by atoms with Crippen molar-refractivity contribution < 1.29 is 17.6 Å². The first-order valence-corrected chi connectivity index (χ1v) is 10.9. The molecule has 154 valence electrons. The van der Waals surface area contributed by atoms with Crippen LogP contribution in [0.2, 0.25) is 0 Å². The number of carbonyl (C=O) groups is 1. The van der Waals surface area contributed by atoms with E-state index in [1.807, 2.05) is 12.1 Å². The molecule has 0 atom stereocenters. The van der Waals surface area contributed by atoms with Crippen molar-refractivity contribution in [1.82, 2.24) is 9.29 Å². The van der Waals surface area contributed by atoms with Crippen molar-refractivity contribution in [1.29, 1.82) is 5.26 Å². The molecule has 1 amide bonds. The van der Waals surface area contributed by atoms with Gasteiger partial charge in [0.05, 0.1) is 11.6 Å². The van der Waals surface area contributed by atoms with Crippen LogP contribution in [0.5, 0.6) is 0 Å². The minimum atomic E-state index is -4.03. The van der Waals surface area contributed by atoms with Crippen LogP contribution in [0, 0.1) is 17.1 Å². The number of sulfonamides is 1. The maximum absolute atomic E-state index is 14.0. The van der Waals surface area contributed by atoms with Crippen molar-refractivity contribution in [3.63, 3.8) is 0 Å². The molecule has 0 aliphatic rings. The maximum Gasteiger partial charge on any atom is 0.257 e. The highest BCUT2D eigenvalue weighted by Gasteiger charge is 2.23. The predicted octanol–water partition coefficient (Wildman–Crippen LogP) is 3.25. The van der Waals surface area contributed by atoms with Crippen LogP contribution in [-0.4, -0.2) is 37.7 Å². The van der Waals surface area contributed by atoms with E-state index >= 15 is 0 Å². The molecular weight excluding hydrogens is 427 g/mol. The molecular formula is C20H17FN4O3S2. The number of nitrogens with zero attached hydrogens (tertiary/aromatic N) is 3. The lowest BCUT2D eigenvalue weighted by Gasteiger charge is -2.13. The molecule has 3 aromatic rings. The molecule has 2 aromatic carbocycles. The summed E-state index contributed by atoms with van der Waals surface area (Å²) in [5.74, 6) is -1.52. The molecule has 30 heavy (non-hydrogen) atoms. The monoisotopic (exact) mass is 444 g/mol. The summed E-state index contributed by atoms with van der Waals surface area (Å²) in [4.78, 5) is 17.0. The van der Waals surface area contributed by atoms with Crippen molar-refractivity contribution in [3.8, 4) is 6.07 Å². The molecule has 0 aliphatic heterocycles. The van der Waals surface area contributed by atoms with Gasteiger partial charge in [0.15, 0.2) is 5.13 Å². The second-order valence-corrected chi connectivity index (χ2v) is 9.74. The van der Waals surface area contributed by atoms with Gasteiger partial charge in [0.1, 0.15) is 10.7 Å². The van der Waals surface area contributed by atoms with E-state index in [9.17, 15) is 17.6 Å². The number of nitriles is 1. The van der Waals surface area contributed by atoms with Crippen LogP contribution >= 0.6 is 11.3 Å². The Morgan fingerprint density at radius 2 is 1.93 bits per heavy atom. The molecule has 7 nitrogen and oxygen atoms in total. The number of anilines is 1. The zero-order valence-corrected chi connectivity index (χ0v) is 17.7. The van der Waals surface area contributed by atoms with E-state index in [2.05, 4.69) is 16.4 Å². The second-order valence-electron chi connectivity index (χ2n) is 6.50. The minimum Gasteiger partial charge on any atom is -0.298 e. The first-order valence-electron chi connectivity index (χ1n) is 8.68. The van der Waals surface area contributed by atoms with Crippen molar-refractivity contribution in [2.24, 2.45) is 0 Å². The van der Waals surface area contributed by atoms with E-state index in [1.165, 1.54) is 31.5 Å². The van der Waals surface area contributed by atoms with Gasteiger partial charge in [-0.25, -0.2) is 22.1 Å². The Morgan fingerprint density at radius 3 is 2.57 bits per heavy atom. The van der Waals surface area contributed by atoms with Crippen LogP contribution in [0.15, 0.2) is 53.6 Å². The molecule has 0 spiro atoms. The summed E-state index contributed by atoms with van der Waals surface area (Å²) in [6, 6.07) is 12.4. The maximum atomic E-state index is 14.0. The summed E-state index contributed by atoms with van der Waals surface area (Å²) in [6.07, 6.45) is 2.21. The zero-order chi connectivity index (χ0) is 21.9. The summed E-state index contributed by atoms with van der Waals surface area (Å²) < 4.78 is 39.3. The predicted molar refractivity (Wildman–Crippen MR) is 111 cm³/mol. The van der Waals surface area contributed by atoms with Gasteiger partial charge in [0.2, 0.25) is 10.0 Å². The quantitative estimate of drug-likeness (QED) is 0.629. The summed E-state index contributed by atoms with van der Waals surface area (Å²) in [6.45, 7) is 0. The van der Waals surface area contributed by atoms with Gasteiger partial charge in [0.25, 0.3) is 5.91 Å². The normalized spacial score (nSPS) is 11.3. The van der Waals surface area contributed by atoms with E-state index in [1.54, 1.807) is 18.3 Å². The lowest BCUT2D eigenvalue weighted by molar-refractivity contribution is 0.102. The van der Waals surface area contributed by atoms with Crippen LogP contribution < -0.4 is 5.32 Å². The number of nitrogens with one attached hydrogen (secondary N) is 1. The zero-order valence-electron chi connectivity index (χ0n) is 16.1. The van der Waals surface area contributed by atoms with E-state index in [0.29, 0.717) is 17.1 Å². The lowest BCUT2D eigenvalue weighted by Crippen LogP contribution is -2.24. The first kappa shape index (κ1) is 21.6. The molecule has 10 heteroatoms. The summed E-state index contributed by atoms with van der Waals surface area (Å²) in [5, 5.41) is 11.8. The van der Waals surface area contributed by atoms with Crippen LogP contribution in [0.25, 0.3) is 0 Å². The van der Waals surface area contributed by atoms with E-state index in [0.717, 1.165) is 26.9 Å². The number of halogens is 1. The lowest BCUT2D eigenvalue weighted by atomic mass is 10.1. The topological polar surface area (TPSA) is 103 Å². The Hall–Kier alpha value is -3.13. The molecule has 0 fully saturated rings. The van der Waals surface area contributed by atoms with Crippen molar-refractivity contribution in [2.75, 3.05) is 19.4 Å². The first-order chi connectivity index (χ1) is 14.2. The van der Waals surface area contributed by atoms with Gasteiger partial charge < -0.3 is 0 Å². The smallest absolute Gasteiger partial charge is 0.257 e. The molecule has 0 aliphatic carbocycles. The largest absolute Gasteiger partial charge is 0.298 e. The Labute approximate surface area is 177 Å². The molecule has 1 N–H and O–H groups in total. The molecule has 0 radical (unpaired) electrons. The van der Waals surface area contributed by atoms with E-state index in [4.69, 9.17) is 5.26 Å². The van der Waals surface area contributed by atoms with Crippen LogP contribution in [0.3, 0.4) is 0 Å². The van der Waals surface area contributed by atoms with Crippen LogP contribution in [-0.2, 0) is 16.4 Å². The van der Waals surface area contributed by atoms with Crippen LogP contribution in [0.4, 0.5) is 9.52 Å². The van der Waals surface area contributed by atoms with Crippen LogP contribution in [0.1, 0.15) is 26.4 Å². The van der Waals surface area contributed by atoms with Crippen molar-refractivity contribution >= 4 is 32.4 Å². The van der Waals surface area contributed by atoms with Gasteiger partial charge in [-0.05, 0) is 35.9 Å². The SMILES string of the molecule is CN(C)S(=O)(=O)c1cc(C(=O)Nc2ncc(Cc3ccc(C#N)cc3)s2)ccc1F. The summed E-state index contributed by atoms with van der Waals surface area (Å²) in [7, 11) is -1.46. The molecule has 3 rings (SSSR count). The average molecular weight is 445 g/mol. The number of rotatable bonds is 6. The molecule has 0 saturated carbocycles. The summed E-state index contributed by atoms with van der Waals surface area (Å²) in [5.41, 5.74) is 1.57. The number of thiazole rings is 1. The van der Waals surface area contributed by atoms with Gasteiger partial charge in [-0.3, -0.25) is 10.1 Å².